The molecule has 1 aliphatic heterocycles. The molecular formula is C11H17N5OS. The molecule has 1 saturated heterocycles. The highest BCUT2D eigenvalue weighted by molar-refractivity contribution is 7.10. The summed E-state index contributed by atoms with van der Waals surface area (Å²) in [6.45, 7) is 6.52. The van der Waals surface area contributed by atoms with Crippen LogP contribution in [0.3, 0.4) is 0 Å². The second-order valence-corrected chi connectivity index (χ2v) is 4.92. The van der Waals surface area contributed by atoms with Crippen molar-refractivity contribution in [3.05, 3.63) is 5.56 Å². The zero-order chi connectivity index (χ0) is 13.0. The van der Waals surface area contributed by atoms with Gasteiger partial charge in [-0.2, -0.15) is 9.64 Å². The third-order valence-corrected chi connectivity index (χ3v) is 3.81. The molecule has 2 rings (SSSR count). The van der Waals surface area contributed by atoms with E-state index < -0.39 is 0 Å². The van der Waals surface area contributed by atoms with E-state index in [2.05, 4.69) is 27.6 Å². The van der Waals surface area contributed by atoms with Gasteiger partial charge in [0.2, 0.25) is 0 Å². The third-order valence-electron chi connectivity index (χ3n) is 2.99. The van der Waals surface area contributed by atoms with E-state index in [-0.39, 0.29) is 6.10 Å². The van der Waals surface area contributed by atoms with Crippen molar-refractivity contribution < 1.29 is 4.74 Å². The second-order valence-electron chi connectivity index (χ2n) is 4.15. The van der Waals surface area contributed by atoms with Crippen LogP contribution >= 0.6 is 11.5 Å². The van der Waals surface area contributed by atoms with Crippen LogP contribution in [0.1, 0.15) is 12.5 Å². The summed E-state index contributed by atoms with van der Waals surface area (Å²) in [5.41, 5.74) is 6.04. The number of aromatic nitrogens is 1. The second kappa shape index (κ2) is 6.00. The van der Waals surface area contributed by atoms with Gasteiger partial charge >= 0.3 is 0 Å². The minimum atomic E-state index is 0.147. The molecular weight excluding hydrogens is 250 g/mol. The van der Waals surface area contributed by atoms with Crippen molar-refractivity contribution >= 4 is 22.4 Å². The first-order chi connectivity index (χ1) is 8.74. The van der Waals surface area contributed by atoms with Crippen molar-refractivity contribution in [1.82, 2.24) is 9.27 Å². The Hall–Kier alpha value is -1.36. The fourth-order valence-corrected chi connectivity index (χ4v) is 2.60. The van der Waals surface area contributed by atoms with Gasteiger partial charge in [0.05, 0.1) is 12.7 Å². The Morgan fingerprint density at radius 1 is 1.72 bits per heavy atom. The minimum Gasteiger partial charge on any atom is -0.382 e. The Balaban J connectivity index is 1.89. The molecule has 6 nitrogen and oxygen atoms in total. The van der Waals surface area contributed by atoms with Crippen molar-refractivity contribution in [1.29, 1.82) is 5.26 Å². The smallest absolute Gasteiger partial charge is 0.157 e. The normalized spacial score (nSPS) is 20.6. The van der Waals surface area contributed by atoms with Crippen LogP contribution in [0, 0.1) is 11.3 Å². The van der Waals surface area contributed by atoms with Gasteiger partial charge in [-0.15, -0.1) is 0 Å². The number of nitriles is 1. The number of ether oxygens (including phenoxy) is 1. The molecule has 1 aliphatic rings. The summed E-state index contributed by atoms with van der Waals surface area (Å²) in [7, 11) is 0. The summed E-state index contributed by atoms with van der Waals surface area (Å²) in [6.07, 6.45) is 0.147. The number of nitrogens with one attached hydrogen (secondary N) is 1. The first-order valence-corrected chi connectivity index (χ1v) is 6.75. The number of morpholine rings is 1. The number of hydrogen-bond acceptors (Lipinski definition) is 7. The average Bonchev–Trinajstić information content (AvgIpc) is 2.77. The van der Waals surface area contributed by atoms with E-state index in [4.69, 9.17) is 15.7 Å². The molecule has 1 fully saturated rings. The number of nitrogens with two attached hydrogens (primary N) is 1. The van der Waals surface area contributed by atoms with Crippen LogP contribution in [0.5, 0.6) is 0 Å². The molecule has 1 aromatic heterocycles. The Bertz CT molecular complexity index is 441. The lowest BCUT2D eigenvalue weighted by molar-refractivity contribution is -0.0191. The molecule has 0 aromatic carbocycles. The molecule has 0 spiro atoms. The summed E-state index contributed by atoms with van der Waals surface area (Å²) < 4.78 is 9.64. The van der Waals surface area contributed by atoms with Gasteiger partial charge in [-0.1, -0.05) is 6.92 Å². The predicted octanol–water partition coefficient (Wildman–Crippen LogP) is 0.730. The lowest BCUT2D eigenvalue weighted by Crippen LogP contribution is -2.45. The number of nitrogens with zero attached hydrogens (tertiary/aromatic N) is 3. The fraction of sp³-hybridized carbons (Fsp3) is 0.636. The molecule has 0 radical (unpaired) electrons. The molecule has 7 heteroatoms. The highest BCUT2D eigenvalue weighted by Crippen LogP contribution is 2.25. The van der Waals surface area contributed by atoms with E-state index in [1.807, 2.05) is 0 Å². The molecule has 0 saturated carbocycles. The molecule has 3 N–H and O–H groups in total. The summed E-state index contributed by atoms with van der Waals surface area (Å²) in [5, 5.41) is 12.9. The first-order valence-electron chi connectivity index (χ1n) is 5.97. The van der Waals surface area contributed by atoms with Crippen LogP contribution in [0.15, 0.2) is 0 Å². The number of anilines is 2. The molecule has 18 heavy (non-hydrogen) atoms. The standard InChI is InChI=1S/C11H17N5OS/c1-2-16-3-4-17-8(7-16)6-14-11-9(5-12)10(13)15-18-11/h8,14H,2-4,6-7H2,1H3,(H2,13,15). The van der Waals surface area contributed by atoms with Gasteiger partial charge in [0.25, 0.3) is 0 Å². The van der Waals surface area contributed by atoms with E-state index in [9.17, 15) is 0 Å². The lowest BCUT2D eigenvalue weighted by Gasteiger charge is -2.32. The Labute approximate surface area is 111 Å². The zero-order valence-electron chi connectivity index (χ0n) is 10.3. The maximum Gasteiger partial charge on any atom is 0.157 e. The van der Waals surface area contributed by atoms with Crippen molar-refractivity contribution in [3.8, 4) is 6.07 Å². The average molecular weight is 267 g/mol. The van der Waals surface area contributed by atoms with Crippen LogP contribution in [0.2, 0.25) is 0 Å². The van der Waals surface area contributed by atoms with Crippen LogP contribution < -0.4 is 11.1 Å². The van der Waals surface area contributed by atoms with E-state index >= 15 is 0 Å². The van der Waals surface area contributed by atoms with E-state index in [0.29, 0.717) is 17.9 Å². The number of likely N-dealkylation sites (N-methyl/N-ethyl adjacent to an activating group) is 1. The summed E-state index contributed by atoms with van der Waals surface area (Å²) in [5.74, 6) is 0.296. The van der Waals surface area contributed by atoms with Crippen molar-refractivity contribution in [2.75, 3.05) is 43.8 Å². The minimum absolute atomic E-state index is 0.147. The molecule has 2 heterocycles. The molecule has 1 aromatic rings. The summed E-state index contributed by atoms with van der Waals surface area (Å²) in [6, 6.07) is 2.06. The quantitative estimate of drug-likeness (QED) is 0.836. The zero-order valence-corrected chi connectivity index (χ0v) is 11.2. The van der Waals surface area contributed by atoms with Gasteiger partial charge in [0.15, 0.2) is 5.82 Å². The topological polar surface area (TPSA) is 87.2 Å². The van der Waals surface area contributed by atoms with E-state index in [1.165, 1.54) is 11.5 Å². The Morgan fingerprint density at radius 3 is 3.28 bits per heavy atom. The Morgan fingerprint density at radius 2 is 2.56 bits per heavy atom. The van der Waals surface area contributed by atoms with Gasteiger partial charge in [0, 0.05) is 19.6 Å². The van der Waals surface area contributed by atoms with Crippen molar-refractivity contribution in [2.45, 2.75) is 13.0 Å². The lowest BCUT2D eigenvalue weighted by atomic mass is 10.2. The van der Waals surface area contributed by atoms with E-state index in [0.717, 1.165) is 31.2 Å². The largest absolute Gasteiger partial charge is 0.382 e. The maximum absolute atomic E-state index is 8.96. The van der Waals surface area contributed by atoms with Gasteiger partial charge in [-0.25, -0.2) is 0 Å². The van der Waals surface area contributed by atoms with Crippen LogP contribution in [-0.4, -0.2) is 48.2 Å². The molecule has 98 valence electrons. The number of rotatable bonds is 4. The maximum atomic E-state index is 8.96. The highest BCUT2D eigenvalue weighted by Gasteiger charge is 2.20. The van der Waals surface area contributed by atoms with Crippen LogP contribution in [0.4, 0.5) is 10.8 Å². The summed E-state index contributed by atoms with van der Waals surface area (Å²) in [4.78, 5) is 2.35. The molecule has 0 aliphatic carbocycles. The molecule has 1 unspecified atom stereocenters. The fourth-order valence-electron chi connectivity index (χ4n) is 1.93. The van der Waals surface area contributed by atoms with Crippen molar-refractivity contribution in [3.63, 3.8) is 0 Å². The molecule has 1 atom stereocenters. The van der Waals surface area contributed by atoms with Crippen molar-refractivity contribution in [2.24, 2.45) is 0 Å². The number of hydrogen-bond donors (Lipinski definition) is 2. The predicted molar refractivity (Wildman–Crippen MR) is 71.6 cm³/mol. The van der Waals surface area contributed by atoms with Gasteiger partial charge in [-0.05, 0) is 18.1 Å². The SMILES string of the molecule is CCN1CCOC(CNc2snc(N)c2C#N)C1. The van der Waals surface area contributed by atoms with Crippen LogP contribution in [-0.2, 0) is 4.74 Å². The van der Waals surface area contributed by atoms with Crippen LogP contribution in [0.25, 0.3) is 0 Å². The summed E-state index contributed by atoms with van der Waals surface area (Å²) >= 11 is 1.22. The van der Waals surface area contributed by atoms with E-state index in [1.54, 1.807) is 0 Å². The third kappa shape index (κ3) is 2.90. The Kier molecular flexibility index (Phi) is 4.36. The van der Waals surface area contributed by atoms with Gasteiger partial charge in [-0.3, -0.25) is 4.90 Å². The highest BCUT2D eigenvalue weighted by atomic mass is 32.1. The van der Waals surface area contributed by atoms with Gasteiger partial charge < -0.3 is 15.8 Å². The monoisotopic (exact) mass is 267 g/mol. The van der Waals surface area contributed by atoms with Gasteiger partial charge in [0.1, 0.15) is 16.6 Å². The molecule has 0 bridgehead atoms. The number of nitrogen functional groups attached to an aromatic ring is 1. The first kappa shape index (κ1) is 13.1. The molecule has 0 amide bonds.